The molecule has 3 heteroatoms. The summed E-state index contributed by atoms with van der Waals surface area (Å²) in [5, 5.41) is 3.60. The second-order valence-corrected chi connectivity index (χ2v) is 6.06. The lowest BCUT2D eigenvalue weighted by Crippen LogP contribution is -2.37. The van der Waals surface area contributed by atoms with Crippen LogP contribution in [0, 0.1) is 12.8 Å². The lowest BCUT2D eigenvalue weighted by Gasteiger charge is -2.24. The van der Waals surface area contributed by atoms with Gasteiger partial charge in [-0.15, -0.1) is 11.8 Å². The predicted molar refractivity (Wildman–Crippen MR) is 85.0 cm³/mol. The first-order chi connectivity index (χ1) is 9.19. The van der Waals surface area contributed by atoms with E-state index >= 15 is 0 Å². The number of hydrogen-bond acceptors (Lipinski definition) is 3. The van der Waals surface area contributed by atoms with Crippen LogP contribution in [0.2, 0.25) is 0 Å². The molecule has 1 rings (SSSR count). The summed E-state index contributed by atoms with van der Waals surface area (Å²) in [4.78, 5) is 1.39. The van der Waals surface area contributed by atoms with Gasteiger partial charge in [0.05, 0.1) is 0 Å². The fourth-order valence-electron chi connectivity index (χ4n) is 2.09. The molecule has 0 saturated heterocycles. The lowest BCUT2D eigenvalue weighted by atomic mass is 10.0. The van der Waals surface area contributed by atoms with Crippen LogP contribution in [0.15, 0.2) is 29.2 Å². The van der Waals surface area contributed by atoms with Gasteiger partial charge in [-0.3, -0.25) is 0 Å². The summed E-state index contributed by atoms with van der Waals surface area (Å²) in [6.45, 7) is 8.53. The lowest BCUT2D eigenvalue weighted by molar-refractivity contribution is 0.172. The first-order valence-electron chi connectivity index (χ1n) is 7.09. The highest BCUT2D eigenvalue weighted by atomic mass is 32.2. The minimum absolute atomic E-state index is 0.546. The van der Waals surface area contributed by atoms with Crippen LogP contribution in [0.25, 0.3) is 0 Å². The molecule has 0 radical (unpaired) electrons. The molecule has 0 amide bonds. The summed E-state index contributed by atoms with van der Waals surface area (Å²) < 4.78 is 5.19. The van der Waals surface area contributed by atoms with E-state index in [0.717, 1.165) is 25.3 Å². The molecular formula is C16H27NOS. The van der Waals surface area contributed by atoms with Gasteiger partial charge in [-0.2, -0.15) is 0 Å². The summed E-state index contributed by atoms with van der Waals surface area (Å²) in [6.07, 6.45) is 1.11. The van der Waals surface area contributed by atoms with Crippen LogP contribution in [0.4, 0.5) is 0 Å². The molecule has 0 fully saturated rings. The zero-order valence-corrected chi connectivity index (χ0v) is 13.4. The predicted octanol–water partition coefficient (Wildman–Crippen LogP) is 3.74. The van der Waals surface area contributed by atoms with E-state index < -0.39 is 0 Å². The first kappa shape index (κ1) is 16.5. The molecule has 0 aromatic heterocycles. The van der Waals surface area contributed by atoms with E-state index in [2.05, 4.69) is 50.4 Å². The Balaban J connectivity index is 2.51. The van der Waals surface area contributed by atoms with E-state index in [1.807, 2.05) is 11.8 Å². The SMILES string of the molecule is CCNC(CSc1ccccc1C)C(C)CCOC. The highest BCUT2D eigenvalue weighted by Crippen LogP contribution is 2.24. The summed E-state index contributed by atoms with van der Waals surface area (Å²) >= 11 is 1.95. The maximum atomic E-state index is 5.19. The first-order valence-corrected chi connectivity index (χ1v) is 8.08. The normalized spacial score (nSPS) is 14.3. The van der Waals surface area contributed by atoms with E-state index in [1.54, 1.807) is 7.11 Å². The van der Waals surface area contributed by atoms with E-state index in [4.69, 9.17) is 4.74 Å². The van der Waals surface area contributed by atoms with Crippen molar-refractivity contribution in [3.05, 3.63) is 29.8 Å². The molecule has 0 aliphatic rings. The molecule has 19 heavy (non-hydrogen) atoms. The third kappa shape index (κ3) is 5.98. The van der Waals surface area contributed by atoms with Crippen molar-refractivity contribution in [2.24, 2.45) is 5.92 Å². The molecule has 0 aliphatic heterocycles. The third-order valence-electron chi connectivity index (χ3n) is 3.44. The highest BCUT2D eigenvalue weighted by molar-refractivity contribution is 7.99. The van der Waals surface area contributed by atoms with Crippen LogP contribution < -0.4 is 5.32 Å². The number of thioether (sulfide) groups is 1. The average molecular weight is 281 g/mol. The Hall–Kier alpha value is -0.510. The summed E-state index contributed by atoms with van der Waals surface area (Å²) in [5.41, 5.74) is 1.37. The quantitative estimate of drug-likeness (QED) is 0.697. The standard InChI is InChI=1S/C16H27NOS/c1-5-17-15(13(2)10-11-18-4)12-19-16-9-7-6-8-14(16)3/h6-9,13,15,17H,5,10-12H2,1-4H3. The molecular weight excluding hydrogens is 254 g/mol. The minimum atomic E-state index is 0.546. The van der Waals surface area contributed by atoms with Gasteiger partial charge in [-0.1, -0.05) is 32.0 Å². The second kappa shape index (κ2) is 9.40. The van der Waals surface area contributed by atoms with Gasteiger partial charge in [0, 0.05) is 30.4 Å². The maximum Gasteiger partial charge on any atom is 0.0465 e. The topological polar surface area (TPSA) is 21.3 Å². The number of methoxy groups -OCH3 is 1. The van der Waals surface area contributed by atoms with Crippen molar-refractivity contribution in [1.82, 2.24) is 5.32 Å². The van der Waals surface area contributed by atoms with Gasteiger partial charge >= 0.3 is 0 Å². The van der Waals surface area contributed by atoms with Gasteiger partial charge in [0.15, 0.2) is 0 Å². The molecule has 1 aromatic carbocycles. The number of ether oxygens (including phenoxy) is 1. The number of benzene rings is 1. The Morgan fingerprint density at radius 2 is 2.05 bits per heavy atom. The molecule has 0 aliphatic carbocycles. The van der Waals surface area contributed by atoms with Crippen molar-refractivity contribution in [3.63, 3.8) is 0 Å². The number of aryl methyl sites for hydroxylation is 1. The smallest absolute Gasteiger partial charge is 0.0465 e. The number of rotatable bonds is 9. The van der Waals surface area contributed by atoms with E-state index in [1.165, 1.54) is 10.5 Å². The third-order valence-corrected chi connectivity index (χ3v) is 4.74. The van der Waals surface area contributed by atoms with Crippen molar-refractivity contribution in [1.29, 1.82) is 0 Å². The molecule has 2 unspecified atom stereocenters. The zero-order chi connectivity index (χ0) is 14.1. The van der Waals surface area contributed by atoms with Gasteiger partial charge in [0.1, 0.15) is 0 Å². The number of hydrogen-bond donors (Lipinski definition) is 1. The van der Waals surface area contributed by atoms with Gasteiger partial charge < -0.3 is 10.1 Å². The minimum Gasteiger partial charge on any atom is -0.385 e. The highest BCUT2D eigenvalue weighted by Gasteiger charge is 2.16. The van der Waals surface area contributed by atoms with Crippen LogP contribution in [0.3, 0.4) is 0 Å². The van der Waals surface area contributed by atoms with Crippen molar-refractivity contribution < 1.29 is 4.74 Å². The monoisotopic (exact) mass is 281 g/mol. The van der Waals surface area contributed by atoms with E-state index in [0.29, 0.717) is 12.0 Å². The Kier molecular flexibility index (Phi) is 8.19. The van der Waals surface area contributed by atoms with Crippen LogP contribution in [0.5, 0.6) is 0 Å². The van der Waals surface area contributed by atoms with Gasteiger partial charge in [0.25, 0.3) is 0 Å². The van der Waals surface area contributed by atoms with Crippen LogP contribution in [-0.4, -0.2) is 32.1 Å². The zero-order valence-electron chi connectivity index (χ0n) is 12.6. The molecule has 1 aromatic rings. The van der Waals surface area contributed by atoms with E-state index in [-0.39, 0.29) is 0 Å². The van der Waals surface area contributed by atoms with Crippen LogP contribution in [0.1, 0.15) is 25.8 Å². The van der Waals surface area contributed by atoms with Crippen molar-refractivity contribution in [2.75, 3.05) is 26.0 Å². The Labute approximate surface area is 122 Å². The molecule has 0 bridgehead atoms. The molecule has 0 saturated carbocycles. The Morgan fingerprint density at radius 3 is 2.68 bits per heavy atom. The fourth-order valence-corrected chi connectivity index (χ4v) is 3.37. The van der Waals surface area contributed by atoms with Crippen molar-refractivity contribution in [3.8, 4) is 0 Å². The molecule has 108 valence electrons. The second-order valence-electron chi connectivity index (χ2n) is 5.00. The van der Waals surface area contributed by atoms with Gasteiger partial charge in [-0.05, 0) is 37.4 Å². The van der Waals surface area contributed by atoms with Crippen LogP contribution >= 0.6 is 11.8 Å². The maximum absolute atomic E-state index is 5.19. The largest absolute Gasteiger partial charge is 0.385 e. The van der Waals surface area contributed by atoms with Crippen molar-refractivity contribution in [2.45, 2.75) is 38.1 Å². The molecule has 0 heterocycles. The van der Waals surface area contributed by atoms with Crippen LogP contribution in [-0.2, 0) is 4.74 Å². The van der Waals surface area contributed by atoms with E-state index in [9.17, 15) is 0 Å². The molecule has 2 atom stereocenters. The summed E-state index contributed by atoms with van der Waals surface area (Å²) in [6, 6.07) is 9.15. The molecule has 1 N–H and O–H groups in total. The Morgan fingerprint density at radius 1 is 1.32 bits per heavy atom. The molecule has 2 nitrogen and oxygen atoms in total. The summed E-state index contributed by atoms with van der Waals surface area (Å²) in [7, 11) is 1.77. The average Bonchev–Trinajstić information content (AvgIpc) is 2.42. The van der Waals surface area contributed by atoms with Crippen molar-refractivity contribution >= 4 is 11.8 Å². The number of nitrogens with one attached hydrogen (secondary N) is 1. The fraction of sp³-hybridized carbons (Fsp3) is 0.625. The van der Waals surface area contributed by atoms with Gasteiger partial charge in [0.2, 0.25) is 0 Å². The Bertz CT molecular complexity index is 356. The summed E-state index contributed by atoms with van der Waals surface area (Å²) in [5.74, 6) is 1.75. The van der Waals surface area contributed by atoms with Gasteiger partial charge in [-0.25, -0.2) is 0 Å². The molecule has 0 spiro atoms.